The number of carboxylic acid groups (broad SMARTS) is 1. The summed E-state index contributed by atoms with van der Waals surface area (Å²) >= 11 is 0. The number of rotatable bonds is 3. The van der Waals surface area contributed by atoms with Gasteiger partial charge in [-0.15, -0.1) is 0 Å². The summed E-state index contributed by atoms with van der Waals surface area (Å²) in [7, 11) is 0. The molecule has 22 heavy (non-hydrogen) atoms. The molecule has 0 fully saturated rings. The number of carbonyl (C=O) groups is 2. The Hall–Kier alpha value is -2.76. The largest absolute Gasteiger partial charge is 0.490 e. The van der Waals surface area contributed by atoms with Crippen molar-refractivity contribution in [3.63, 3.8) is 0 Å². The SMILES string of the molecule is CCc1oc(C(=O)N2CCOc3ccccc32)cc1C(=O)O. The van der Waals surface area contributed by atoms with E-state index in [4.69, 9.17) is 14.3 Å². The van der Waals surface area contributed by atoms with Crippen LogP contribution in [0.25, 0.3) is 0 Å². The normalized spacial score (nSPS) is 13.4. The lowest BCUT2D eigenvalue weighted by atomic mass is 10.2. The van der Waals surface area contributed by atoms with Crippen molar-refractivity contribution in [3.05, 3.63) is 47.4 Å². The minimum atomic E-state index is -1.10. The van der Waals surface area contributed by atoms with Gasteiger partial charge < -0.3 is 14.3 Å². The first-order valence-corrected chi connectivity index (χ1v) is 7.01. The van der Waals surface area contributed by atoms with Gasteiger partial charge in [0.25, 0.3) is 5.91 Å². The summed E-state index contributed by atoms with van der Waals surface area (Å²) in [5.74, 6) is -0.494. The second kappa shape index (κ2) is 5.55. The smallest absolute Gasteiger partial charge is 0.339 e. The van der Waals surface area contributed by atoms with E-state index in [2.05, 4.69) is 0 Å². The Kier molecular flexibility index (Phi) is 3.58. The third kappa shape index (κ3) is 2.32. The minimum absolute atomic E-state index is 0.0333. The van der Waals surface area contributed by atoms with E-state index in [0.29, 0.717) is 36.8 Å². The highest BCUT2D eigenvalue weighted by atomic mass is 16.5. The lowest BCUT2D eigenvalue weighted by Gasteiger charge is -2.28. The molecule has 2 aromatic rings. The molecule has 0 bridgehead atoms. The first kappa shape index (κ1) is 14.2. The molecule has 0 aliphatic carbocycles. The summed E-state index contributed by atoms with van der Waals surface area (Å²) in [4.78, 5) is 25.4. The van der Waals surface area contributed by atoms with Gasteiger partial charge >= 0.3 is 5.97 Å². The zero-order valence-corrected chi connectivity index (χ0v) is 12.0. The molecule has 1 amide bonds. The van der Waals surface area contributed by atoms with Gasteiger partial charge in [-0.2, -0.15) is 0 Å². The van der Waals surface area contributed by atoms with Crippen molar-refractivity contribution in [1.82, 2.24) is 0 Å². The Morgan fingerprint density at radius 3 is 2.77 bits per heavy atom. The van der Waals surface area contributed by atoms with Gasteiger partial charge in [0.2, 0.25) is 0 Å². The zero-order chi connectivity index (χ0) is 15.7. The molecule has 1 aromatic heterocycles. The number of benzene rings is 1. The van der Waals surface area contributed by atoms with Gasteiger partial charge in [-0.3, -0.25) is 9.69 Å². The molecule has 0 saturated carbocycles. The van der Waals surface area contributed by atoms with E-state index in [9.17, 15) is 9.59 Å². The maximum atomic E-state index is 12.7. The predicted molar refractivity (Wildman–Crippen MR) is 78.7 cm³/mol. The molecular weight excluding hydrogens is 286 g/mol. The Labute approximate surface area is 126 Å². The standard InChI is InChI=1S/C16H15NO5/c1-2-12-10(16(19)20)9-14(22-12)15(18)17-7-8-21-13-6-4-3-5-11(13)17/h3-6,9H,2,7-8H2,1H3,(H,19,20). The third-order valence-corrected chi connectivity index (χ3v) is 3.54. The number of nitrogens with zero attached hydrogens (tertiary/aromatic N) is 1. The number of carbonyl (C=O) groups excluding carboxylic acids is 1. The predicted octanol–water partition coefficient (Wildman–Crippen LogP) is 2.58. The Bertz CT molecular complexity index is 734. The first-order valence-electron chi connectivity index (χ1n) is 7.01. The van der Waals surface area contributed by atoms with E-state index in [1.54, 1.807) is 24.0 Å². The third-order valence-electron chi connectivity index (χ3n) is 3.54. The van der Waals surface area contributed by atoms with Gasteiger partial charge in [-0.05, 0) is 12.1 Å². The van der Waals surface area contributed by atoms with Crippen molar-refractivity contribution in [2.75, 3.05) is 18.1 Å². The average molecular weight is 301 g/mol. The molecule has 1 aromatic carbocycles. The lowest BCUT2D eigenvalue weighted by molar-refractivity contribution is 0.0694. The molecule has 1 N–H and O–H groups in total. The van der Waals surface area contributed by atoms with Gasteiger partial charge in [-0.25, -0.2) is 4.79 Å². The Balaban J connectivity index is 1.97. The highest BCUT2D eigenvalue weighted by Crippen LogP contribution is 2.32. The second-order valence-corrected chi connectivity index (χ2v) is 4.88. The number of ether oxygens (including phenoxy) is 1. The van der Waals surface area contributed by atoms with Crippen LogP contribution in [0.5, 0.6) is 5.75 Å². The van der Waals surface area contributed by atoms with Crippen LogP contribution >= 0.6 is 0 Å². The molecule has 0 radical (unpaired) electrons. The van der Waals surface area contributed by atoms with Crippen LogP contribution in [0.3, 0.4) is 0 Å². The number of hydrogen-bond acceptors (Lipinski definition) is 4. The van der Waals surface area contributed by atoms with Gasteiger partial charge in [0.1, 0.15) is 23.7 Å². The molecule has 6 heteroatoms. The number of furan rings is 1. The number of para-hydroxylation sites is 2. The Morgan fingerprint density at radius 2 is 2.09 bits per heavy atom. The molecule has 1 aliphatic heterocycles. The van der Waals surface area contributed by atoms with E-state index < -0.39 is 5.97 Å². The topological polar surface area (TPSA) is 80.0 Å². The van der Waals surface area contributed by atoms with Crippen molar-refractivity contribution in [2.24, 2.45) is 0 Å². The maximum Gasteiger partial charge on any atom is 0.339 e. The summed E-state index contributed by atoms with van der Waals surface area (Å²) in [5.41, 5.74) is 0.692. The van der Waals surface area contributed by atoms with Gasteiger partial charge in [0, 0.05) is 12.5 Å². The summed E-state index contributed by atoms with van der Waals surface area (Å²) in [6, 6.07) is 8.51. The summed E-state index contributed by atoms with van der Waals surface area (Å²) in [6.07, 6.45) is 0.411. The van der Waals surface area contributed by atoms with Crippen LogP contribution < -0.4 is 9.64 Å². The molecule has 0 saturated heterocycles. The molecule has 3 rings (SSSR count). The van der Waals surface area contributed by atoms with Crippen LogP contribution in [0.2, 0.25) is 0 Å². The number of aryl methyl sites for hydroxylation is 1. The van der Waals surface area contributed by atoms with Crippen molar-refractivity contribution >= 4 is 17.6 Å². The number of amides is 1. The lowest BCUT2D eigenvalue weighted by Crippen LogP contribution is -2.37. The van der Waals surface area contributed by atoms with E-state index in [1.165, 1.54) is 6.07 Å². The van der Waals surface area contributed by atoms with Crippen LogP contribution in [0, 0.1) is 0 Å². The van der Waals surface area contributed by atoms with Crippen molar-refractivity contribution in [3.8, 4) is 5.75 Å². The molecule has 2 heterocycles. The molecule has 0 atom stereocenters. The molecule has 114 valence electrons. The fourth-order valence-corrected chi connectivity index (χ4v) is 2.49. The number of aromatic carboxylic acids is 1. The zero-order valence-electron chi connectivity index (χ0n) is 12.0. The second-order valence-electron chi connectivity index (χ2n) is 4.88. The average Bonchev–Trinajstić information content (AvgIpc) is 2.98. The fourth-order valence-electron chi connectivity index (χ4n) is 2.49. The van der Waals surface area contributed by atoms with Crippen molar-refractivity contribution < 1.29 is 23.8 Å². The monoisotopic (exact) mass is 301 g/mol. The van der Waals surface area contributed by atoms with Crippen LogP contribution in [0.1, 0.15) is 33.6 Å². The summed E-state index contributed by atoms with van der Waals surface area (Å²) in [6.45, 7) is 2.56. The minimum Gasteiger partial charge on any atom is -0.490 e. The number of anilines is 1. The summed E-state index contributed by atoms with van der Waals surface area (Å²) < 4.78 is 11.0. The van der Waals surface area contributed by atoms with Crippen LogP contribution in [0.15, 0.2) is 34.7 Å². The van der Waals surface area contributed by atoms with E-state index in [-0.39, 0.29) is 17.2 Å². The molecule has 6 nitrogen and oxygen atoms in total. The Morgan fingerprint density at radius 1 is 1.32 bits per heavy atom. The highest BCUT2D eigenvalue weighted by molar-refractivity contribution is 6.06. The maximum absolute atomic E-state index is 12.7. The van der Waals surface area contributed by atoms with Crippen molar-refractivity contribution in [2.45, 2.75) is 13.3 Å². The quantitative estimate of drug-likeness (QED) is 0.942. The van der Waals surface area contributed by atoms with Crippen LogP contribution in [0.4, 0.5) is 5.69 Å². The molecule has 1 aliphatic rings. The van der Waals surface area contributed by atoms with Crippen molar-refractivity contribution in [1.29, 1.82) is 0 Å². The van der Waals surface area contributed by atoms with E-state index in [0.717, 1.165) is 0 Å². The van der Waals surface area contributed by atoms with E-state index >= 15 is 0 Å². The molecular formula is C16H15NO5. The van der Waals surface area contributed by atoms with Gasteiger partial charge in [0.15, 0.2) is 5.76 Å². The fraction of sp³-hybridized carbons (Fsp3) is 0.250. The number of carboxylic acids is 1. The number of hydrogen-bond donors (Lipinski definition) is 1. The molecule has 0 unspecified atom stereocenters. The van der Waals surface area contributed by atoms with Gasteiger partial charge in [0.05, 0.1) is 12.2 Å². The van der Waals surface area contributed by atoms with Gasteiger partial charge in [-0.1, -0.05) is 19.1 Å². The van der Waals surface area contributed by atoms with E-state index in [1.807, 2.05) is 12.1 Å². The molecule has 0 spiro atoms. The first-order chi connectivity index (χ1) is 10.6. The number of fused-ring (bicyclic) bond motifs is 1. The van der Waals surface area contributed by atoms with Crippen LogP contribution in [-0.2, 0) is 6.42 Å². The summed E-state index contributed by atoms with van der Waals surface area (Å²) in [5, 5.41) is 9.16. The highest BCUT2D eigenvalue weighted by Gasteiger charge is 2.28. The van der Waals surface area contributed by atoms with Crippen LogP contribution in [-0.4, -0.2) is 30.1 Å².